The molecular weight excluding hydrogens is 228 g/mol. The molecule has 4 aromatic rings. The van der Waals surface area contributed by atoms with Crippen LogP contribution in [0.15, 0.2) is 49.2 Å². The molecule has 0 aliphatic carbocycles. The van der Waals surface area contributed by atoms with Crippen molar-refractivity contribution in [3.8, 4) is 0 Å². The van der Waals surface area contributed by atoms with Crippen LogP contribution in [0.5, 0.6) is 0 Å². The van der Waals surface area contributed by atoms with E-state index < -0.39 is 0 Å². The lowest BCUT2D eigenvalue weighted by molar-refractivity contribution is 1.12. The average molecular weight is 238 g/mol. The molecule has 4 rings (SSSR count). The summed E-state index contributed by atoms with van der Waals surface area (Å²) in [6.45, 7) is 0. The Labute approximate surface area is 102 Å². The van der Waals surface area contributed by atoms with Crippen LogP contribution < -0.4 is 0 Å². The highest BCUT2D eigenvalue weighted by Crippen LogP contribution is 2.03. The number of imidazole rings is 1. The number of hydrogen-bond donors (Lipinski definition) is 2. The molecule has 0 saturated carbocycles. The summed E-state index contributed by atoms with van der Waals surface area (Å²) in [5.74, 6) is 0. The number of fused-ring (bicyclic) bond motifs is 2. The lowest BCUT2D eigenvalue weighted by Crippen LogP contribution is -1.71. The molecule has 88 valence electrons. The normalized spacial score (nSPS) is 10.2. The largest absolute Gasteiger partial charge is 0.343 e. The second-order valence-corrected chi connectivity index (χ2v) is 3.58. The molecule has 4 aromatic heterocycles. The molecule has 0 spiro atoms. The lowest BCUT2D eigenvalue weighted by Gasteiger charge is -1.80. The molecule has 6 heteroatoms. The van der Waals surface area contributed by atoms with Gasteiger partial charge in [-0.1, -0.05) is 0 Å². The molecule has 0 aliphatic heterocycles. The predicted octanol–water partition coefficient (Wildman–Crippen LogP) is 1.92. The van der Waals surface area contributed by atoms with Gasteiger partial charge in [0.2, 0.25) is 0 Å². The van der Waals surface area contributed by atoms with Crippen molar-refractivity contribution in [1.29, 1.82) is 0 Å². The minimum atomic E-state index is 0.775. The van der Waals surface area contributed by atoms with Gasteiger partial charge in [-0.2, -0.15) is 5.10 Å². The van der Waals surface area contributed by atoms with E-state index in [9.17, 15) is 0 Å². The zero-order valence-electron chi connectivity index (χ0n) is 9.41. The van der Waals surface area contributed by atoms with E-state index in [1.54, 1.807) is 24.9 Å². The smallest absolute Gasteiger partial charge is 0.177 e. The van der Waals surface area contributed by atoms with Gasteiger partial charge in [-0.15, -0.1) is 0 Å². The third kappa shape index (κ3) is 2.03. The molecule has 0 atom stereocenters. The Bertz CT molecular complexity index is 631. The first-order chi connectivity index (χ1) is 8.93. The van der Waals surface area contributed by atoms with Crippen molar-refractivity contribution in [3.05, 3.63) is 49.2 Å². The second-order valence-electron chi connectivity index (χ2n) is 3.58. The predicted molar refractivity (Wildman–Crippen MR) is 67.8 cm³/mol. The summed E-state index contributed by atoms with van der Waals surface area (Å²) >= 11 is 0. The number of aromatic amines is 2. The third-order valence-electron chi connectivity index (χ3n) is 2.40. The fourth-order valence-corrected chi connectivity index (χ4v) is 1.55. The Morgan fingerprint density at radius 3 is 2.56 bits per heavy atom. The van der Waals surface area contributed by atoms with Crippen LogP contribution in [0.25, 0.3) is 22.2 Å². The van der Waals surface area contributed by atoms with Crippen molar-refractivity contribution in [2.75, 3.05) is 0 Å². The van der Waals surface area contributed by atoms with Gasteiger partial charge in [0, 0.05) is 12.4 Å². The van der Waals surface area contributed by atoms with Gasteiger partial charge in [0.05, 0.1) is 23.6 Å². The summed E-state index contributed by atoms with van der Waals surface area (Å²) < 4.78 is 0. The standard InChI is InChI=1S/2C6H5N3/c1-2-5-6(7-3-1)9-4-8-5;1-2-5-6(7-3-1)4-8-9-5/h1-4H,(H,7,8,9);1-4H,(H,8,9). The van der Waals surface area contributed by atoms with Crippen LogP contribution in [0, 0.1) is 0 Å². The monoisotopic (exact) mass is 238 g/mol. The van der Waals surface area contributed by atoms with Gasteiger partial charge in [-0.05, 0) is 24.3 Å². The van der Waals surface area contributed by atoms with Gasteiger partial charge in [-0.25, -0.2) is 9.97 Å². The first-order valence-corrected chi connectivity index (χ1v) is 5.42. The van der Waals surface area contributed by atoms with Crippen molar-refractivity contribution < 1.29 is 0 Å². The van der Waals surface area contributed by atoms with E-state index in [0.717, 1.165) is 22.2 Å². The fourth-order valence-electron chi connectivity index (χ4n) is 1.55. The van der Waals surface area contributed by atoms with Crippen LogP contribution in [-0.2, 0) is 0 Å². The highest BCUT2D eigenvalue weighted by molar-refractivity contribution is 5.72. The molecule has 2 N–H and O–H groups in total. The van der Waals surface area contributed by atoms with E-state index in [1.807, 2.05) is 24.3 Å². The number of nitrogens with one attached hydrogen (secondary N) is 2. The molecule has 0 saturated heterocycles. The van der Waals surface area contributed by atoms with E-state index in [1.165, 1.54) is 0 Å². The average Bonchev–Trinajstić information content (AvgIpc) is 3.08. The number of aromatic nitrogens is 6. The van der Waals surface area contributed by atoms with Crippen LogP contribution in [-0.4, -0.2) is 30.1 Å². The number of pyridine rings is 2. The van der Waals surface area contributed by atoms with E-state index in [4.69, 9.17) is 0 Å². The topological polar surface area (TPSA) is 83.1 Å². The molecule has 0 unspecified atom stereocenters. The summed E-state index contributed by atoms with van der Waals surface area (Å²) in [5.41, 5.74) is 3.66. The van der Waals surface area contributed by atoms with Crippen molar-refractivity contribution in [2.45, 2.75) is 0 Å². The Kier molecular flexibility index (Phi) is 2.67. The van der Waals surface area contributed by atoms with Crippen LogP contribution >= 0.6 is 0 Å². The van der Waals surface area contributed by atoms with Crippen molar-refractivity contribution in [3.63, 3.8) is 0 Å². The van der Waals surface area contributed by atoms with Crippen LogP contribution in [0.1, 0.15) is 0 Å². The Hall–Kier alpha value is -2.76. The number of nitrogens with zero attached hydrogens (tertiary/aromatic N) is 4. The fraction of sp³-hybridized carbons (Fsp3) is 0. The highest BCUT2D eigenvalue weighted by Gasteiger charge is 1.90. The first-order valence-electron chi connectivity index (χ1n) is 5.42. The maximum absolute atomic E-state index is 4.05. The zero-order chi connectivity index (χ0) is 12.2. The molecule has 6 nitrogen and oxygen atoms in total. The van der Waals surface area contributed by atoms with Gasteiger partial charge in [-0.3, -0.25) is 10.1 Å². The van der Waals surface area contributed by atoms with Crippen molar-refractivity contribution in [1.82, 2.24) is 30.1 Å². The maximum Gasteiger partial charge on any atom is 0.177 e. The molecule has 0 aromatic carbocycles. The quantitative estimate of drug-likeness (QED) is 0.490. The summed E-state index contributed by atoms with van der Waals surface area (Å²) in [4.78, 5) is 14.9. The zero-order valence-corrected chi connectivity index (χ0v) is 9.41. The molecule has 0 amide bonds. The summed E-state index contributed by atoms with van der Waals surface area (Å²) in [6.07, 6.45) is 6.81. The van der Waals surface area contributed by atoms with Crippen molar-refractivity contribution >= 4 is 22.2 Å². The summed E-state index contributed by atoms with van der Waals surface area (Å²) in [5, 5.41) is 6.62. The van der Waals surface area contributed by atoms with Crippen LogP contribution in [0.2, 0.25) is 0 Å². The molecule has 0 radical (unpaired) electrons. The van der Waals surface area contributed by atoms with Gasteiger partial charge < -0.3 is 4.98 Å². The SMILES string of the molecule is c1cnc2cn[nH]c2c1.c1cnc2nc[nH]c2c1. The number of hydrogen-bond acceptors (Lipinski definition) is 4. The molecule has 0 fully saturated rings. The second kappa shape index (κ2) is 4.62. The van der Waals surface area contributed by atoms with Crippen LogP contribution in [0.3, 0.4) is 0 Å². The Morgan fingerprint density at radius 2 is 1.72 bits per heavy atom. The van der Waals surface area contributed by atoms with E-state index in [-0.39, 0.29) is 0 Å². The number of rotatable bonds is 0. The minimum absolute atomic E-state index is 0.775. The molecular formula is C12H10N6. The van der Waals surface area contributed by atoms with Gasteiger partial charge in [0.1, 0.15) is 5.52 Å². The minimum Gasteiger partial charge on any atom is -0.343 e. The Morgan fingerprint density at radius 1 is 0.889 bits per heavy atom. The molecule has 4 heterocycles. The first kappa shape index (κ1) is 10.4. The summed E-state index contributed by atoms with van der Waals surface area (Å²) in [7, 11) is 0. The number of H-pyrrole nitrogens is 2. The van der Waals surface area contributed by atoms with Gasteiger partial charge >= 0.3 is 0 Å². The molecule has 18 heavy (non-hydrogen) atoms. The van der Waals surface area contributed by atoms with Gasteiger partial charge in [0.15, 0.2) is 5.65 Å². The third-order valence-corrected chi connectivity index (χ3v) is 2.40. The molecule has 0 aliphatic rings. The van der Waals surface area contributed by atoms with Crippen LogP contribution in [0.4, 0.5) is 0 Å². The van der Waals surface area contributed by atoms with E-state index in [2.05, 4.69) is 30.1 Å². The van der Waals surface area contributed by atoms with E-state index in [0.29, 0.717) is 0 Å². The Balaban J connectivity index is 0.000000111. The maximum atomic E-state index is 4.05. The summed E-state index contributed by atoms with van der Waals surface area (Å²) in [6, 6.07) is 7.63. The highest BCUT2D eigenvalue weighted by atomic mass is 15.1. The lowest BCUT2D eigenvalue weighted by atomic mass is 10.4. The van der Waals surface area contributed by atoms with E-state index >= 15 is 0 Å². The molecule has 0 bridgehead atoms. The van der Waals surface area contributed by atoms with Crippen molar-refractivity contribution in [2.24, 2.45) is 0 Å². The van der Waals surface area contributed by atoms with Gasteiger partial charge in [0.25, 0.3) is 0 Å².